The van der Waals surface area contributed by atoms with Crippen molar-refractivity contribution < 1.29 is 13.2 Å². The van der Waals surface area contributed by atoms with E-state index in [-0.39, 0.29) is 28.1 Å². The number of nitrogens with zero attached hydrogens (tertiary/aromatic N) is 2. The lowest BCUT2D eigenvalue weighted by molar-refractivity contribution is -0.142. The van der Waals surface area contributed by atoms with Crippen LogP contribution in [0.4, 0.5) is 5.69 Å². The molecule has 0 radical (unpaired) electrons. The molecule has 2 N–H and O–H groups in total. The second-order valence-corrected chi connectivity index (χ2v) is 7.81. The van der Waals surface area contributed by atoms with Crippen molar-refractivity contribution in [2.75, 3.05) is 25.9 Å². The average Bonchev–Trinajstić information content (AvgIpc) is 2.38. The third kappa shape index (κ3) is 2.61. The van der Waals surface area contributed by atoms with Crippen molar-refractivity contribution in [3.8, 4) is 0 Å². The van der Waals surface area contributed by atoms with Gasteiger partial charge in [0, 0.05) is 25.2 Å². The zero-order valence-electron chi connectivity index (χ0n) is 12.1. The Kier molecular flexibility index (Phi) is 3.94. The van der Waals surface area contributed by atoms with Gasteiger partial charge in [-0.1, -0.05) is 11.6 Å². The number of amides is 1. The monoisotopic (exact) mass is 331 g/mol. The summed E-state index contributed by atoms with van der Waals surface area (Å²) in [7, 11) is -2.25. The lowest BCUT2D eigenvalue weighted by Gasteiger charge is -2.43. The van der Waals surface area contributed by atoms with Crippen LogP contribution in [0.15, 0.2) is 23.1 Å². The molecule has 1 aliphatic heterocycles. The molecule has 8 heteroatoms. The van der Waals surface area contributed by atoms with Gasteiger partial charge in [-0.25, -0.2) is 8.42 Å². The fraction of sp³-hybridized carbons (Fsp3) is 0.462. The second kappa shape index (κ2) is 5.15. The van der Waals surface area contributed by atoms with E-state index in [4.69, 9.17) is 17.3 Å². The number of piperazine rings is 1. The van der Waals surface area contributed by atoms with Crippen molar-refractivity contribution in [3.05, 3.63) is 23.2 Å². The van der Waals surface area contributed by atoms with E-state index in [9.17, 15) is 13.2 Å². The molecule has 0 saturated carbocycles. The van der Waals surface area contributed by atoms with Gasteiger partial charge in [-0.15, -0.1) is 0 Å². The summed E-state index contributed by atoms with van der Waals surface area (Å²) in [6.45, 7) is 3.72. The zero-order chi connectivity index (χ0) is 16.0. The molecule has 1 amide bonds. The van der Waals surface area contributed by atoms with Crippen LogP contribution in [0.3, 0.4) is 0 Å². The van der Waals surface area contributed by atoms with E-state index in [2.05, 4.69) is 0 Å². The lowest BCUT2D eigenvalue weighted by Crippen LogP contribution is -2.63. The summed E-state index contributed by atoms with van der Waals surface area (Å²) in [5, 5.41) is 0.279. The highest BCUT2D eigenvalue weighted by Crippen LogP contribution is 2.32. The first-order valence-electron chi connectivity index (χ1n) is 6.42. The van der Waals surface area contributed by atoms with Gasteiger partial charge in [0.25, 0.3) is 0 Å². The van der Waals surface area contributed by atoms with Crippen LogP contribution in [0.1, 0.15) is 13.8 Å². The number of likely N-dealkylation sites (N-methyl/N-ethyl adjacent to an activating group) is 1. The number of nitrogens with two attached hydrogens (primary N) is 1. The second-order valence-electron chi connectivity index (χ2n) is 5.55. The molecule has 0 spiro atoms. The number of benzene rings is 1. The highest BCUT2D eigenvalue weighted by atomic mass is 35.5. The van der Waals surface area contributed by atoms with Gasteiger partial charge in [0.15, 0.2) is 0 Å². The van der Waals surface area contributed by atoms with Crippen molar-refractivity contribution in [2.24, 2.45) is 0 Å². The van der Waals surface area contributed by atoms with Crippen LogP contribution in [0.5, 0.6) is 0 Å². The van der Waals surface area contributed by atoms with Crippen LogP contribution in [0.2, 0.25) is 5.02 Å². The minimum absolute atomic E-state index is 0.0690. The van der Waals surface area contributed by atoms with Gasteiger partial charge in [0.2, 0.25) is 15.9 Å². The average molecular weight is 332 g/mol. The Hall–Kier alpha value is -1.31. The molecule has 0 aromatic heterocycles. The first-order chi connectivity index (χ1) is 9.58. The fourth-order valence-corrected chi connectivity index (χ4v) is 4.58. The summed E-state index contributed by atoms with van der Waals surface area (Å²) in [6, 6.07) is 4.28. The molecule has 0 bridgehead atoms. The minimum Gasteiger partial charge on any atom is -0.398 e. The Labute approximate surface area is 129 Å². The summed E-state index contributed by atoms with van der Waals surface area (Å²) in [6.07, 6.45) is 0. The van der Waals surface area contributed by atoms with E-state index in [1.165, 1.54) is 27.4 Å². The molecular weight excluding hydrogens is 314 g/mol. The number of carbonyl (C=O) groups excluding carboxylic acids is 1. The molecule has 1 heterocycles. The molecule has 1 saturated heterocycles. The topological polar surface area (TPSA) is 83.7 Å². The van der Waals surface area contributed by atoms with Crippen LogP contribution in [-0.4, -0.2) is 49.2 Å². The summed E-state index contributed by atoms with van der Waals surface area (Å²) in [5.41, 5.74) is 4.72. The van der Waals surface area contributed by atoms with Gasteiger partial charge < -0.3 is 10.6 Å². The van der Waals surface area contributed by atoms with Crippen LogP contribution in [-0.2, 0) is 14.8 Å². The number of halogens is 1. The van der Waals surface area contributed by atoms with Crippen molar-refractivity contribution in [2.45, 2.75) is 24.3 Å². The van der Waals surface area contributed by atoms with Crippen LogP contribution >= 0.6 is 11.6 Å². The Bertz CT molecular complexity index is 688. The molecule has 1 aliphatic rings. The lowest BCUT2D eigenvalue weighted by atomic mass is 10.0. The Morgan fingerprint density at radius 1 is 1.29 bits per heavy atom. The van der Waals surface area contributed by atoms with Crippen molar-refractivity contribution in [1.29, 1.82) is 0 Å². The molecule has 116 valence electrons. The summed E-state index contributed by atoms with van der Waals surface area (Å²) >= 11 is 5.87. The Balaban J connectivity index is 2.54. The number of hydrogen-bond donors (Lipinski definition) is 1. The van der Waals surface area contributed by atoms with Gasteiger partial charge >= 0.3 is 0 Å². The van der Waals surface area contributed by atoms with Crippen LogP contribution < -0.4 is 5.73 Å². The van der Waals surface area contributed by atoms with Crippen molar-refractivity contribution in [1.82, 2.24) is 9.21 Å². The Morgan fingerprint density at radius 2 is 1.90 bits per heavy atom. The van der Waals surface area contributed by atoms with Crippen LogP contribution in [0, 0.1) is 0 Å². The first kappa shape index (κ1) is 16.1. The van der Waals surface area contributed by atoms with Gasteiger partial charge in [-0.3, -0.25) is 4.79 Å². The zero-order valence-corrected chi connectivity index (χ0v) is 13.7. The standard InChI is InChI=1S/C13H18ClN3O3S/c1-13(2)12(18)16(3)6-7-17(13)21(19,20)11-8-9(14)4-5-10(11)15/h4-5,8H,6-7,15H2,1-3H3. The van der Waals surface area contributed by atoms with Crippen LogP contribution in [0.25, 0.3) is 0 Å². The molecule has 2 rings (SSSR count). The predicted molar refractivity (Wildman–Crippen MR) is 81.5 cm³/mol. The molecule has 0 aliphatic carbocycles. The molecule has 0 unspecified atom stereocenters. The number of anilines is 1. The first-order valence-corrected chi connectivity index (χ1v) is 8.23. The van der Waals surface area contributed by atoms with E-state index in [0.717, 1.165) is 0 Å². The van der Waals surface area contributed by atoms with E-state index in [1.807, 2.05) is 0 Å². The highest BCUT2D eigenvalue weighted by Gasteiger charge is 2.47. The third-order valence-corrected chi connectivity index (χ3v) is 6.04. The summed E-state index contributed by atoms with van der Waals surface area (Å²) in [5.74, 6) is -0.252. The highest BCUT2D eigenvalue weighted by molar-refractivity contribution is 7.89. The number of hydrogen-bond acceptors (Lipinski definition) is 4. The summed E-state index contributed by atoms with van der Waals surface area (Å²) < 4.78 is 26.9. The maximum Gasteiger partial charge on any atom is 0.246 e. The number of rotatable bonds is 2. The maximum atomic E-state index is 12.8. The van der Waals surface area contributed by atoms with E-state index in [0.29, 0.717) is 6.54 Å². The number of nitrogen functional groups attached to an aromatic ring is 1. The number of sulfonamides is 1. The minimum atomic E-state index is -3.90. The largest absolute Gasteiger partial charge is 0.398 e. The van der Waals surface area contributed by atoms with Gasteiger partial charge in [0.1, 0.15) is 10.4 Å². The fourth-order valence-electron chi connectivity index (χ4n) is 2.47. The third-order valence-electron chi connectivity index (χ3n) is 3.68. The van der Waals surface area contributed by atoms with E-state index in [1.54, 1.807) is 20.9 Å². The van der Waals surface area contributed by atoms with Gasteiger partial charge in [0.05, 0.1) is 5.69 Å². The van der Waals surface area contributed by atoms with Gasteiger partial charge in [-0.2, -0.15) is 4.31 Å². The Morgan fingerprint density at radius 3 is 2.52 bits per heavy atom. The maximum absolute atomic E-state index is 12.8. The summed E-state index contributed by atoms with van der Waals surface area (Å²) in [4.78, 5) is 13.7. The molecule has 21 heavy (non-hydrogen) atoms. The number of carbonyl (C=O) groups is 1. The van der Waals surface area contributed by atoms with Crippen molar-refractivity contribution >= 4 is 33.2 Å². The SMILES string of the molecule is CN1CCN(S(=O)(=O)c2cc(Cl)ccc2N)C(C)(C)C1=O. The van der Waals surface area contributed by atoms with E-state index < -0.39 is 15.6 Å². The van der Waals surface area contributed by atoms with Crippen molar-refractivity contribution in [3.63, 3.8) is 0 Å². The molecule has 1 aromatic carbocycles. The molecule has 6 nitrogen and oxygen atoms in total. The van der Waals surface area contributed by atoms with Gasteiger partial charge in [-0.05, 0) is 32.0 Å². The predicted octanol–water partition coefficient (Wildman–Crippen LogP) is 1.16. The molecule has 1 aromatic rings. The smallest absolute Gasteiger partial charge is 0.246 e. The molecule has 0 atom stereocenters. The molecule has 1 fully saturated rings. The quantitative estimate of drug-likeness (QED) is 0.824. The molecular formula is C13H18ClN3O3S. The normalized spacial score (nSPS) is 19.8. The van der Waals surface area contributed by atoms with E-state index >= 15 is 0 Å².